The van der Waals surface area contributed by atoms with Gasteiger partial charge in [-0.3, -0.25) is 9.59 Å². The smallest absolute Gasteiger partial charge is 0.235 e. The minimum absolute atomic E-state index is 0.00612. The van der Waals surface area contributed by atoms with Gasteiger partial charge in [0.05, 0.1) is 5.39 Å². The van der Waals surface area contributed by atoms with Gasteiger partial charge in [-0.2, -0.15) is 0 Å². The van der Waals surface area contributed by atoms with Crippen molar-refractivity contribution in [3.8, 4) is 17.1 Å². The highest BCUT2D eigenvalue weighted by atomic mass is 16.5. The van der Waals surface area contributed by atoms with Crippen molar-refractivity contribution < 1.29 is 13.9 Å². The van der Waals surface area contributed by atoms with Crippen molar-refractivity contribution in [1.29, 1.82) is 0 Å². The minimum Gasteiger partial charge on any atom is -0.478 e. The molecule has 0 aliphatic rings. The molecule has 1 N–H and O–H groups in total. The largest absolute Gasteiger partial charge is 0.478 e. The average molecular weight is 452 g/mol. The van der Waals surface area contributed by atoms with Crippen molar-refractivity contribution in [2.45, 2.75) is 26.2 Å². The van der Waals surface area contributed by atoms with E-state index < -0.39 is 0 Å². The van der Waals surface area contributed by atoms with E-state index in [2.05, 4.69) is 25.8 Å². The molecule has 0 fully saturated rings. The minimum atomic E-state index is -0.302. The van der Waals surface area contributed by atoms with Gasteiger partial charge in [0.15, 0.2) is 12.4 Å². The second kappa shape index (κ2) is 8.34. The summed E-state index contributed by atoms with van der Waals surface area (Å²) < 4.78 is 12.0. The fourth-order valence-corrected chi connectivity index (χ4v) is 4.09. The zero-order valence-electron chi connectivity index (χ0n) is 19.3. The van der Waals surface area contributed by atoms with E-state index in [1.165, 1.54) is 0 Å². The number of carbonyl (C=O) groups excluding carboxylic acids is 1. The number of benzene rings is 3. The molecule has 0 aliphatic heterocycles. The number of ether oxygens (including phenoxy) is 1. The van der Waals surface area contributed by atoms with Crippen LogP contribution >= 0.6 is 0 Å². The van der Waals surface area contributed by atoms with Gasteiger partial charge in [-0.25, -0.2) is 0 Å². The van der Waals surface area contributed by atoms with Gasteiger partial charge in [0.1, 0.15) is 5.58 Å². The Hall–Kier alpha value is -4.12. The lowest BCUT2D eigenvalue weighted by Crippen LogP contribution is -2.17. The molecule has 0 spiro atoms. The summed E-state index contributed by atoms with van der Waals surface area (Å²) in [5, 5.41) is 1.23. The monoisotopic (exact) mass is 451 g/mol. The number of carbonyl (C=O) groups is 1. The van der Waals surface area contributed by atoms with Crippen molar-refractivity contribution >= 4 is 27.7 Å². The summed E-state index contributed by atoms with van der Waals surface area (Å²) in [5.74, 6) is 0.130. The lowest BCUT2D eigenvalue weighted by Gasteiger charge is -2.19. The van der Waals surface area contributed by atoms with E-state index in [1.807, 2.05) is 54.6 Å². The standard InChI is InChI=1S/C29H25NO4/c1-29(2,3)19-14-12-18(13-15-19)27-28(26(32)21-9-5-7-11-25(21)34-27)33-17-24(31)22-16-30-23-10-6-4-8-20(22)23/h4-16,30H,17H2,1-3H3. The van der Waals surface area contributed by atoms with Crippen LogP contribution in [0.25, 0.3) is 33.2 Å². The molecular weight excluding hydrogens is 426 g/mol. The van der Waals surface area contributed by atoms with Crippen molar-refractivity contribution in [2.24, 2.45) is 0 Å². The van der Waals surface area contributed by atoms with Crippen LogP contribution < -0.4 is 10.2 Å². The highest BCUT2D eigenvalue weighted by molar-refractivity contribution is 6.08. The first kappa shape index (κ1) is 21.7. The van der Waals surface area contributed by atoms with Crippen LogP contribution in [0.15, 0.2) is 88.2 Å². The predicted octanol–water partition coefficient (Wildman–Crippen LogP) is 6.50. The SMILES string of the molecule is CC(C)(C)c1ccc(-c2oc3ccccc3c(=O)c2OCC(=O)c2c[nH]c3ccccc23)cc1. The molecule has 0 saturated carbocycles. The number of hydrogen-bond donors (Lipinski definition) is 1. The number of aromatic amines is 1. The van der Waals surface area contributed by atoms with E-state index in [-0.39, 0.29) is 29.0 Å². The lowest BCUT2D eigenvalue weighted by atomic mass is 9.86. The first-order chi connectivity index (χ1) is 16.3. The molecule has 34 heavy (non-hydrogen) atoms. The van der Waals surface area contributed by atoms with Gasteiger partial charge in [0, 0.05) is 28.2 Å². The summed E-state index contributed by atoms with van der Waals surface area (Å²) in [7, 11) is 0. The van der Waals surface area contributed by atoms with Crippen molar-refractivity contribution in [1.82, 2.24) is 4.98 Å². The summed E-state index contributed by atoms with van der Waals surface area (Å²) in [6, 6.07) is 22.5. The van der Waals surface area contributed by atoms with Crippen molar-refractivity contribution in [3.05, 3.63) is 100 Å². The van der Waals surface area contributed by atoms with Crippen molar-refractivity contribution in [2.75, 3.05) is 6.61 Å². The van der Waals surface area contributed by atoms with E-state index in [0.717, 1.165) is 16.5 Å². The first-order valence-electron chi connectivity index (χ1n) is 11.2. The predicted molar refractivity (Wildman–Crippen MR) is 135 cm³/mol. The molecule has 170 valence electrons. The molecule has 5 nitrogen and oxygen atoms in total. The Labute approximate surface area is 197 Å². The number of Topliss-reactive ketones (excluding diaryl/α,β-unsaturated/α-hetero) is 1. The third-order valence-corrected chi connectivity index (χ3v) is 6.01. The third kappa shape index (κ3) is 3.90. The summed E-state index contributed by atoms with van der Waals surface area (Å²) in [5.41, 5.74) is 3.43. The fourth-order valence-electron chi connectivity index (χ4n) is 4.09. The van der Waals surface area contributed by atoms with Gasteiger partial charge in [-0.1, -0.05) is 75.4 Å². The Morgan fingerprint density at radius 1 is 0.912 bits per heavy atom. The van der Waals surface area contributed by atoms with Crippen LogP contribution in [0.3, 0.4) is 0 Å². The lowest BCUT2D eigenvalue weighted by molar-refractivity contribution is 0.0922. The number of para-hydroxylation sites is 2. The Bertz CT molecular complexity index is 1570. The van der Waals surface area contributed by atoms with E-state index >= 15 is 0 Å². The molecule has 0 unspecified atom stereocenters. The normalized spacial score (nSPS) is 11.7. The molecule has 5 heteroatoms. The van der Waals surface area contributed by atoms with Gasteiger partial charge < -0.3 is 14.1 Å². The average Bonchev–Trinajstić information content (AvgIpc) is 3.27. The molecule has 2 heterocycles. The molecule has 2 aromatic heterocycles. The zero-order valence-corrected chi connectivity index (χ0v) is 19.3. The molecule has 5 rings (SSSR count). The first-order valence-corrected chi connectivity index (χ1v) is 11.2. The van der Waals surface area contributed by atoms with Crippen molar-refractivity contribution in [3.63, 3.8) is 0 Å². The molecule has 0 bridgehead atoms. The zero-order chi connectivity index (χ0) is 23.9. The molecule has 0 saturated heterocycles. The summed E-state index contributed by atoms with van der Waals surface area (Å²) in [6.07, 6.45) is 1.67. The van der Waals surface area contributed by atoms with Crippen LogP contribution in [0.4, 0.5) is 0 Å². The fraction of sp³-hybridized carbons (Fsp3) is 0.172. The maximum atomic E-state index is 13.4. The van der Waals surface area contributed by atoms with Crippen LogP contribution in [0.1, 0.15) is 36.7 Å². The molecule has 0 aliphatic carbocycles. The van der Waals surface area contributed by atoms with Gasteiger partial charge in [-0.05, 0) is 29.2 Å². The van der Waals surface area contributed by atoms with Crippen LogP contribution in [-0.4, -0.2) is 17.4 Å². The summed E-state index contributed by atoms with van der Waals surface area (Å²) in [4.78, 5) is 29.5. The van der Waals surface area contributed by atoms with Gasteiger partial charge >= 0.3 is 0 Å². The van der Waals surface area contributed by atoms with E-state index in [0.29, 0.717) is 27.9 Å². The molecule has 0 atom stereocenters. The molecule has 5 aromatic rings. The van der Waals surface area contributed by atoms with Gasteiger partial charge in [-0.15, -0.1) is 0 Å². The number of nitrogens with one attached hydrogen (secondary N) is 1. The number of ketones is 1. The van der Waals surface area contributed by atoms with Crippen LogP contribution in [-0.2, 0) is 5.41 Å². The highest BCUT2D eigenvalue weighted by Gasteiger charge is 2.21. The van der Waals surface area contributed by atoms with E-state index in [1.54, 1.807) is 24.4 Å². The topological polar surface area (TPSA) is 72.3 Å². The highest BCUT2D eigenvalue weighted by Crippen LogP contribution is 2.33. The Kier molecular flexibility index (Phi) is 5.33. The quantitative estimate of drug-likeness (QED) is 0.310. The Morgan fingerprint density at radius 2 is 1.59 bits per heavy atom. The second-order valence-corrected chi connectivity index (χ2v) is 9.37. The Morgan fingerprint density at radius 3 is 2.32 bits per heavy atom. The van der Waals surface area contributed by atoms with E-state index in [4.69, 9.17) is 9.15 Å². The maximum Gasteiger partial charge on any atom is 0.235 e. The number of rotatable bonds is 5. The van der Waals surface area contributed by atoms with Crippen LogP contribution in [0.2, 0.25) is 0 Å². The molecular formula is C29H25NO4. The summed E-state index contributed by atoms with van der Waals surface area (Å²) >= 11 is 0. The van der Waals surface area contributed by atoms with E-state index in [9.17, 15) is 9.59 Å². The van der Waals surface area contributed by atoms with Gasteiger partial charge in [0.2, 0.25) is 17.0 Å². The van der Waals surface area contributed by atoms with Crippen LogP contribution in [0.5, 0.6) is 5.75 Å². The Balaban J connectivity index is 1.55. The molecule has 0 amide bonds. The third-order valence-electron chi connectivity index (χ3n) is 6.01. The second-order valence-electron chi connectivity index (χ2n) is 9.37. The van der Waals surface area contributed by atoms with Gasteiger partial charge in [0.25, 0.3) is 0 Å². The summed E-state index contributed by atoms with van der Waals surface area (Å²) in [6.45, 7) is 6.15. The maximum absolute atomic E-state index is 13.4. The van der Waals surface area contributed by atoms with Crippen LogP contribution in [0, 0.1) is 0 Å². The number of hydrogen-bond acceptors (Lipinski definition) is 4. The number of fused-ring (bicyclic) bond motifs is 2. The molecule has 0 radical (unpaired) electrons. The number of H-pyrrole nitrogens is 1. The number of aromatic nitrogens is 1. The molecule has 3 aromatic carbocycles.